The number of hydrogen-bond donors (Lipinski definition) is 1. The average Bonchev–Trinajstić information content (AvgIpc) is 2.17. The Balaban J connectivity index is 2.95. The molecule has 15 heavy (non-hydrogen) atoms. The van der Waals surface area contributed by atoms with Crippen LogP contribution in [0.25, 0.3) is 0 Å². The molecule has 1 amide bonds. The molecule has 0 unspecified atom stereocenters. The van der Waals surface area contributed by atoms with E-state index in [1.54, 1.807) is 0 Å². The normalized spacial score (nSPS) is 11.2. The lowest BCUT2D eigenvalue weighted by atomic mass is 9.90. The summed E-state index contributed by atoms with van der Waals surface area (Å²) in [6, 6.07) is 8.09. The third-order valence-electron chi connectivity index (χ3n) is 2.39. The molecule has 0 aliphatic carbocycles. The van der Waals surface area contributed by atoms with Gasteiger partial charge in [-0.2, -0.15) is 0 Å². The molecule has 0 spiro atoms. The zero-order valence-corrected chi connectivity index (χ0v) is 10.9. The highest BCUT2D eigenvalue weighted by Crippen LogP contribution is 2.23. The van der Waals surface area contributed by atoms with Crippen molar-refractivity contribution in [2.45, 2.75) is 26.3 Å². The SMILES string of the molecule is Cc1ccccc1C(C)(C)NC(=O)CBr. The van der Waals surface area contributed by atoms with Crippen LogP contribution in [0.15, 0.2) is 24.3 Å². The standard InChI is InChI=1S/C12H16BrNO/c1-9-6-4-5-7-10(9)12(2,3)14-11(15)8-13/h4-7H,8H2,1-3H3,(H,14,15). The average molecular weight is 270 g/mol. The molecule has 3 heteroatoms. The Morgan fingerprint density at radius 3 is 2.53 bits per heavy atom. The Morgan fingerprint density at radius 2 is 2.00 bits per heavy atom. The number of alkyl halides is 1. The summed E-state index contributed by atoms with van der Waals surface area (Å²) in [6.07, 6.45) is 0. The van der Waals surface area contributed by atoms with Crippen molar-refractivity contribution in [3.8, 4) is 0 Å². The number of benzene rings is 1. The van der Waals surface area contributed by atoms with Gasteiger partial charge in [0.1, 0.15) is 0 Å². The Labute approximate surface area is 99.2 Å². The third-order valence-corrected chi connectivity index (χ3v) is 2.90. The summed E-state index contributed by atoms with van der Waals surface area (Å²) in [5.41, 5.74) is 2.02. The molecule has 0 aromatic heterocycles. The Kier molecular flexibility index (Phi) is 3.91. The predicted octanol–water partition coefficient (Wildman–Crippen LogP) is 2.74. The van der Waals surface area contributed by atoms with E-state index < -0.39 is 0 Å². The number of amides is 1. The van der Waals surface area contributed by atoms with Crippen LogP contribution in [-0.4, -0.2) is 11.2 Å². The van der Waals surface area contributed by atoms with E-state index in [9.17, 15) is 4.79 Å². The lowest BCUT2D eigenvalue weighted by molar-refractivity contribution is -0.120. The van der Waals surface area contributed by atoms with E-state index in [2.05, 4.69) is 34.2 Å². The van der Waals surface area contributed by atoms with E-state index in [-0.39, 0.29) is 11.4 Å². The second-order valence-corrected chi connectivity index (χ2v) is 4.68. The Hall–Kier alpha value is -0.830. The van der Waals surface area contributed by atoms with Gasteiger partial charge in [-0.15, -0.1) is 0 Å². The molecule has 1 aromatic carbocycles. The minimum Gasteiger partial charge on any atom is -0.346 e. The quantitative estimate of drug-likeness (QED) is 0.841. The van der Waals surface area contributed by atoms with Gasteiger partial charge in [-0.05, 0) is 31.9 Å². The van der Waals surface area contributed by atoms with Gasteiger partial charge in [0, 0.05) is 0 Å². The zero-order chi connectivity index (χ0) is 11.5. The number of aryl methyl sites for hydroxylation is 1. The van der Waals surface area contributed by atoms with Crippen molar-refractivity contribution < 1.29 is 4.79 Å². The molecular weight excluding hydrogens is 254 g/mol. The van der Waals surface area contributed by atoms with Gasteiger partial charge in [0.15, 0.2) is 0 Å². The monoisotopic (exact) mass is 269 g/mol. The molecular formula is C12H16BrNO. The van der Waals surface area contributed by atoms with E-state index in [0.717, 1.165) is 5.56 Å². The molecule has 0 atom stereocenters. The van der Waals surface area contributed by atoms with Crippen molar-refractivity contribution >= 4 is 21.8 Å². The maximum Gasteiger partial charge on any atom is 0.231 e. The Morgan fingerprint density at radius 1 is 1.40 bits per heavy atom. The van der Waals surface area contributed by atoms with Gasteiger partial charge in [-0.1, -0.05) is 40.2 Å². The second kappa shape index (κ2) is 4.79. The summed E-state index contributed by atoms with van der Waals surface area (Å²) >= 11 is 3.15. The second-order valence-electron chi connectivity index (χ2n) is 4.12. The molecule has 1 aromatic rings. The van der Waals surface area contributed by atoms with E-state index in [1.807, 2.05) is 32.0 Å². The topological polar surface area (TPSA) is 29.1 Å². The fraction of sp³-hybridized carbons (Fsp3) is 0.417. The molecule has 0 aliphatic heterocycles. The molecule has 0 fully saturated rings. The molecule has 1 N–H and O–H groups in total. The molecule has 0 heterocycles. The van der Waals surface area contributed by atoms with Gasteiger partial charge < -0.3 is 5.32 Å². The molecule has 0 saturated carbocycles. The number of nitrogens with one attached hydrogen (secondary N) is 1. The fourth-order valence-electron chi connectivity index (χ4n) is 1.72. The maximum absolute atomic E-state index is 11.4. The van der Waals surface area contributed by atoms with Crippen molar-refractivity contribution in [1.29, 1.82) is 0 Å². The van der Waals surface area contributed by atoms with Crippen molar-refractivity contribution in [2.24, 2.45) is 0 Å². The lowest BCUT2D eigenvalue weighted by Gasteiger charge is -2.28. The first kappa shape index (κ1) is 12.2. The molecule has 2 nitrogen and oxygen atoms in total. The molecule has 82 valence electrons. The zero-order valence-electron chi connectivity index (χ0n) is 9.30. The van der Waals surface area contributed by atoms with Crippen molar-refractivity contribution in [1.82, 2.24) is 5.32 Å². The summed E-state index contributed by atoms with van der Waals surface area (Å²) in [6.45, 7) is 6.07. The molecule has 0 saturated heterocycles. The van der Waals surface area contributed by atoms with Crippen LogP contribution in [0.1, 0.15) is 25.0 Å². The highest BCUT2D eigenvalue weighted by molar-refractivity contribution is 9.09. The van der Waals surface area contributed by atoms with E-state index in [4.69, 9.17) is 0 Å². The minimum absolute atomic E-state index is 0.00301. The van der Waals surface area contributed by atoms with Crippen LogP contribution < -0.4 is 5.32 Å². The first-order valence-electron chi connectivity index (χ1n) is 4.90. The highest BCUT2D eigenvalue weighted by Gasteiger charge is 2.23. The van der Waals surface area contributed by atoms with Crippen LogP contribution in [0.2, 0.25) is 0 Å². The lowest BCUT2D eigenvalue weighted by Crippen LogP contribution is -2.42. The van der Waals surface area contributed by atoms with Crippen LogP contribution in [-0.2, 0) is 10.3 Å². The minimum atomic E-state index is -0.323. The van der Waals surface area contributed by atoms with Gasteiger partial charge in [0.05, 0.1) is 10.9 Å². The van der Waals surface area contributed by atoms with Gasteiger partial charge >= 0.3 is 0 Å². The van der Waals surface area contributed by atoms with Gasteiger partial charge in [-0.3, -0.25) is 4.79 Å². The number of rotatable bonds is 3. The van der Waals surface area contributed by atoms with E-state index >= 15 is 0 Å². The number of hydrogen-bond acceptors (Lipinski definition) is 1. The van der Waals surface area contributed by atoms with E-state index in [0.29, 0.717) is 5.33 Å². The number of halogens is 1. The summed E-state index contributed by atoms with van der Waals surface area (Å²) in [4.78, 5) is 11.4. The molecule has 0 radical (unpaired) electrons. The number of carbonyl (C=O) groups excluding carboxylic acids is 1. The summed E-state index contributed by atoms with van der Waals surface area (Å²) < 4.78 is 0. The smallest absolute Gasteiger partial charge is 0.231 e. The predicted molar refractivity (Wildman–Crippen MR) is 66.1 cm³/mol. The Bertz CT molecular complexity index is 360. The van der Waals surface area contributed by atoms with Gasteiger partial charge in [0.25, 0.3) is 0 Å². The van der Waals surface area contributed by atoms with Gasteiger partial charge in [0.2, 0.25) is 5.91 Å². The fourth-order valence-corrected chi connectivity index (χ4v) is 1.86. The molecule has 0 aliphatic rings. The van der Waals surface area contributed by atoms with Crippen LogP contribution in [0, 0.1) is 6.92 Å². The van der Waals surface area contributed by atoms with Crippen molar-refractivity contribution in [3.05, 3.63) is 35.4 Å². The van der Waals surface area contributed by atoms with Crippen LogP contribution in [0.3, 0.4) is 0 Å². The summed E-state index contributed by atoms with van der Waals surface area (Å²) in [5.74, 6) is 0.00301. The van der Waals surface area contributed by atoms with Crippen molar-refractivity contribution in [3.63, 3.8) is 0 Å². The first-order chi connectivity index (χ1) is 6.97. The van der Waals surface area contributed by atoms with Crippen LogP contribution in [0.5, 0.6) is 0 Å². The maximum atomic E-state index is 11.4. The molecule has 1 rings (SSSR count). The third kappa shape index (κ3) is 3.06. The first-order valence-corrected chi connectivity index (χ1v) is 6.02. The van der Waals surface area contributed by atoms with Crippen LogP contribution >= 0.6 is 15.9 Å². The highest BCUT2D eigenvalue weighted by atomic mass is 79.9. The van der Waals surface area contributed by atoms with E-state index in [1.165, 1.54) is 5.56 Å². The largest absolute Gasteiger partial charge is 0.346 e. The summed E-state index contributed by atoms with van der Waals surface area (Å²) in [5, 5.41) is 3.31. The number of carbonyl (C=O) groups is 1. The summed E-state index contributed by atoms with van der Waals surface area (Å²) in [7, 11) is 0. The van der Waals surface area contributed by atoms with Crippen LogP contribution in [0.4, 0.5) is 0 Å². The van der Waals surface area contributed by atoms with Gasteiger partial charge in [-0.25, -0.2) is 0 Å². The van der Waals surface area contributed by atoms with Crippen molar-refractivity contribution in [2.75, 3.05) is 5.33 Å². The molecule has 0 bridgehead atoms.